The van der Waals surface area contributed by atoms with Crippen LogP contribution < -0.4 is 5.32 Å². The second-order valence-corrected chi connectivity index (χ2v) is 5.54. The fraction of sp³-hybridized carbons (Fsp3) is 0.615. The van der Waals surface area contributed by atoms with Gasteiger partial charge in [-0.1, -0.05) is 0 Å². The van der Waals surface area contributed by atoms with Gasteiger partial charge in [-0.05, 0) is 27.7 Å². The van der Waals surface area contributed by atoms with Crippen molar-refractivity contribution in [2.75, 3.05) is 11.9 Å². The van der Waals surface area contributed by atoms with Gasteiger partial charge < -0.3 is 14.0 Å². The van der Waals surface area contributed by atoms with Gasteiger partial charge in [-0.3, -0.25) is 5.32 Å². The van der Waals surface area contributed by atoms with E-state index in [0.29, 0.717) is 4.57 Å². The molecule has 0 bridgehead atoms. The van der Waals surface area contributed by atoms with Crippen LogP contribution in [0.3, 0.4) is 0 Å². The van der Waals surface area contributed by atoms with E-state index in [2.05, 4.69) is 15.0 Å². The number of rotatable bonds is 3. The number of hydrogen-bond donors (Lipinski definition) is 1. The van der Waals surface area contributed by atoms with Crippen LogP contribution in [0.15, 0.2) is 0 Å². The summed E-state index contributed by atoms with van der Waals surface area (Å²) in [6.07, 6.45) is -5.82. The molecule has 1 aromatic heterocycles. The molecule has 130 valence electrons. The van der Waals surface area contributed by atoms with Crippen LogP contribution in [0.2, 0.25) is 0 Å². The first kappa shape index (κ1) is 18.8. The van der Waals surface area contributed by atoms with Crippen molar-refractivity contribution in [1.82, 2.24) is 9.55 Å². The molecule has 0 aromatic carbocycles. The number of nitrogens with one attached hydrogen (secondary N) is 1. The lowest BCUT2D eigenvalue weighted by Gasteiger charge is -2.20. The summed E-state index contributed by atoms with van der Waals surface area (Å²) in [6.45, 7) is 6.20. The number of carbonyl (C=O) groups is 2. The third-order valence-electron chi connectivity index (χ3n) is 2.44. The van der Waals surface area contributed by atoms with E-state index in [0.717, 1.165) is 7.05 Å². The minimum atomic E-state index is -4.80. The standard InChI is InChI=1S/C13H18F3N3O4/c1-6-22-9(20)7-8(18-11(21)23-12(2,3)4)19(5)10(17-7)13(14,15)16/h6H2,1-5H3,(H,18,21). The quantitative estimate of drug-likeness (QED) is 0.858. The summed E-state index contributed by atoms with van der Waals surface area (Å²) in [5.41, 5.74) is -1.51. The minimum Gasteiger partial charge on any atom is -0.461 e. The molecular formula is C13H18F3N3O4. The van der Waals surface area contributed by atoms with Gasteiger partial charge in [0.25, 0.3) is 0 Å². The Balaban J connectivity index is 3.25. The highest BCUT2D eigenvalue weighted by molar-refractivity contribution is 5.97. The van der Waals surface area contributed by atoms with Crippen molar-refractivity contribution in [2.45, 2.75) is 39.5 Å². The molecule has 7 nitrogen and oxygen atoms in total. The summed E-state index contributed by atoms with van der Waals surface area (Å²) in [4.78, 5) is 26.8. The number of anilines is 1. The van der Waals surface area contributed by atoms with Gasteiger partial charge in [-0.25, -0.2) is 14.6 Å². The highest BCUT2D eigenvalue weighted by Crippen LogP contribution is 2.32. The lowest BCUT2D eigenvalue weighted by molar-refractivity contribution is -0.146. The second-order valence-electron chi connectivity index (χ2n) is 5.54. The Hall–Kier alpha value is -2.26. The average Bonchev–Trinajstić information content (AvgIpc) is 2.64. The molecule has 0 aliphatic rings. The van der Waals surface area contributed by atoms with Crippen molar-refractivity contribution in [3.05, 3.63) is 11.5 Å². The van der Waals surface area contributed by atoms with Crippen LogP contribution in [0.5, 0.6) is 0 Å². The summed E-state index contributed by atoms with van der Waals surface area (Å²) in [5, 5.41) is 2.11. The molecule has 0 radical (unpaired) electrons. The van der Waals surface area contributed by atoms with E-state index < -0.39 is 41.2 Å². The number of ether oxygens (including phenoxy) is 2. The number of carbonyl (C=O) groups excluding carboxylic acids is 2. The van der Waals surface area contributed by atoms with Gasteiger partial charge in [0.1, 0.15) is 5.60 Å². The molecule has 0 spiro atoms. The molecular weight excluding hydrogens is 319 g/mol. The lowest BCUT2D eigenvalue weighted by Crippen LogP contribution is -2.28. The number of nitrogens with zero attached hydrogens (tertiary/aromatic N) is 2. The van der Waals surface area contributed by atoms with Crippen molar-refractivity contribution >= 4 is 17.9 Å². The van der Waals surface area contributed by atoms with E-state index in [4.69, 9.17) is 4.74 Å². The van der Waals surface area contributed by atoms with Gasteiger partial charge in [0, 0.05) is 7.05 Å². The average molecular weight is 337 g/mol. The first-order valence-electron chi connectivity index (χ1n) is 6.67. The Morgan fingerprint density at radius 1 is 1.26 bits per heavy atom. The molecule has 0 saturated heterocycles. The van der Waals surface area contributed by atoms with Gasteiger partial charge in [-0.15, -0.1) is 0 Å². The molecule has 1 heterocycles. The zero-order valence-electron chi connectivity index (χ0n) is 13.4. The smallest absolute Gasteiger partial charge is 0.449 e. The van der Waals surface area contributed by atoms with E-state index >= 15 is 0 Å². The first-order valence-corrected chi connectivity index (χ1v) is 6.67. The summed E-state index contributed by atoms with van der Waals surface area (Å²) >= 11 is 0. The highest BCUT2D eigenvalue weighted by atomic mass is 19.4. The van der Waals surface area contributed by atoms with Gasteiger partial charge in [0.05, 0.1) is 6.61 Å². The number of hydrogen-bond acceptors (Lipinski definition) is 5. The summed E-state index contributed by atoms with van der Waals surface area (Å²) in [7, 11) is 1.02. The maximum atomic E-state index is 12.9. The van der Waals surface area contributed by atoms with Crippen LogP contribution in [0.4, 0.5) is 23.8 Å². The topological polar surface area (TPSA) is 82.5 Å². The molecule has 1 N–H and O–H groups in total. The minimum absolute atomic E-state index is 0.0529. The second kappa shape index (κ2) is 6.47. The van der Waals surface area contributed by atoms with Gasteiger partial charge in [-0.2, -0.15) is 13.2 Å². The third kappa shape index (κ3) is 4.86. The number of imidazole rings is 1. The monoisotopic (exact) mass is 337 g/mol. The molecule has 0 aliphatic carbocycles. The van der Waals surface area contributed by atoms with E-state index in [1.165, 1.54) is 6.92 Å². The fourth-order valence-corrected chi connectivity index (χ4v) is 1.64. The molecule has 1 rings (SSSR count). The van der Waals surface area contributed by atoms with Gasteiger partial charge in [0.15, 0.2) is 11.5 Å². The molecule has 0 aliphatic heterocycles. The molecule has 1 aromatic rings. The summed E-state index contributed by atoms with van der Waals surface area (Å²) < 4.78 is 48.9. The van der Waals surface area contributed by atoms with Crippen molar-refractivity contribution in [3.63, 3.8) is 0 Å². The van der Waals surface area contributed by atoms with Gasteiger partial charge >= 0.3 is 18.2 Å². The molecule has 0 saturated carbocycles. The predicted molar refractivity (Wildman–Crippen MR) is 74.0 cm³/mol. The fourth-order valence-electron chi connectivity index (χ4n) is 1.64. The Morgan fingerprint density at radius 2 is 1.83 bits per heavy atom. The normalized spacial score (nSPS) is 12.0. The molecule has 0 atom stereocenters. The van der Waals surface area contributed by atoms with Crippen LogP contribution in [0.1, 0.15) is 44.0 Å². The zero-order chi connectivity index (χ0) is 18.0. The number of amides is 1. The Bertz CT molecular complexity index is 603. The molecule has 1 amide bonds. The van der Waals surface area contributed by atoms with Crippen molar-refractivity contribution in [3.8, 4) is 0 Å². The Morgan fingerprint density at radius 3 is 2.26 bits per heavy atom. The predicted octanol–water partition coefficient (Wildman–Crippen LogP) is 2.96. The number of aromatic nitrogens is 2. The van der Waals surface area contributed by atoms with E-state index in [-0.39, 0.29) is 6.61 Å². The third-order valence-corrected chi connectivity index (χ3v) is 2.44. The highest BCUT2D eigenvalue weighted by Gasteiger charge is 2.40. The maximum absolute atomic E-state index is 12.9. The molecule has 0 fully saturated rings. The van der Waals surface area contributed by atoms with E-state index in [1.807, 2.05) is 0 Å². The summed E-state index contributed by atoms with van der Waals surface area (Å²) in [6, 6.07) is 0. The Labute approximate surface area is 130 Å². The largest absolute Gasteiger partial charge is 0.461 e. The number of alkyl halides is 3. The van der Waals surface area contributed by atoms with Crippen LogP contribution in [0, 0.1) is 0 Å². The zero-order valence-corrected chi connectivity index (χ0v) is 13.4. The lowest BCUT2D eigenvalue weighted by atomic mass is 10.2. The van der Waals surface area contributed by atoms with Crippen molar-refractivity contribution in [2.24, 2.45) is 7.05 Å². The first-order chi connectivity index (χ1) is 10.4. The van der Waals surface area contributed by atoms with Crippen LogP contribution >= 0.6 is 0 Å². The van der Waals surface area contributed by atoms with Crippen LogP contribution in [0.25, 0.3) is 0 Å². The van der Waals surface area contributed by atoms with Gasteiger partial charge in [0.2, 0.25) is 5.82 Å². The van der Waals surface area contributed by atoms with E-state index in [9.17, 15) is 22.8 Å². The molecule has 0 unspecified atom stereocenters. The molecule has 10 heteroatoms. The van der Waals surface area contributed by atoms with Crippen molar-refractivity contribution in [1.29, 1.82) is 0 Å². The molecule has 23 heavy (non-hydrogen) atoms. The SMILES string of the molecule is CCOC(=O)c1nc(C(F)(F)F)n(C)c1NC(=O)OC(C)(C)C. The maximum Gasteiger partial charge on any atom is 0.449 e. The summed E-state index contributed by atoms with van der Waals surface area (Å²) in [5.74, 6) is -2.87. The van der Waals surface area contributed by atoms with Crippen molar-refractivity contribution < 1.29 is 32.2 Å². The number of halogens is 3. The van der Waals surface area contributed by atoms with Crippen LogP contribution in [-0.4, -0.2) is 33.8 Å². The number of esters is 1. The Kier molecular flexibility index (Phi) is 5.28. The van der Waals surface area contributed by atoms with E-state index in [1.54, 1.807) is 20.8 Å². The van der Waals surface area contributed by atoms with Crippen LogP contribution in [-0.2, 0) is 22.7 Å².